The topological polar surface area (TPSA) is 35.2 Å². The van der Waals surface area contributed by atoms with Gasteiger partial charge in [0.05, 0.1) is 7.11 Å². The Morgan fingerprint density at radius 3 is 2.44 bits per heavy atom. The van der Waals surface area contributed by atoms with Gasteiger partial charge in [0.25, 0.3) is 0 Å². The lowest BCUT2D eigenvalue weighted by atomic mass is 9.99. The summed E-state index contributed by atoms with van der Waals surface area (Å²) < 4.78 is 5.43. The molecule has 0 spiro atoms. The van der Waals surface area contributed by atoms with E-state index in [-0.39, 0.29) is 5.54 Å². The van der Waals surface area contributed by atoms with Gasteiger partial charge in [0.15, 0.2) is 0 Å². The Bertz CT molecular complexity index is 394. The molecule has 1 fully saturated rings. The van der Waals surface area contributed by atoms with Crippen LogP contribution in [-0.4, -0.2) is 12.6 Å². The van der Waals surface area contributed by atoms with Gasteiger partial charge in [-0.1, -0.05) is 6.07 Å². The first-order valence-electron chi connectivity index (χ1n) is 5.97. The summed E-state index contributed by atoms with van der Waals surface area (Å²) in [4.78, 5) is 0. The third-order valence-corrected chi connectivity index (χ3v) is 3.68. The maximum absolute atomic E-state index is 6.11. The third kappa shape index (κ3) is 2.38. The van der Waals surface area contributed by atoms with E-state index >= 15 is 0 Å². The standard InChI is InChI=1S/C14H21NO/c1-10-8-12(4-5-14(15)6-7-14)13(16-3)9-11(10)2/h8-9H,4-7,15H2,1-3H3. The molecule has 0 radical (unpaired) electrons. The minimum absolute atomic E-state index is 0.129. The van der Waals surface area contributed by atoms with E-state index in [1.54, 1.807) is 7.11 Å². The Kier molecular flexibility index (Phi) is 2.94. The van der Waals surface area contributed by atoms with Gasteiger partial charge in [-0.15, -0.1) is 0 Å². The smallest absolute Gasteiger partial charge is 0.122 e. The molecule has 0 amide bonds. The largest absolute Gasteiger partial charge is 0.496 e. The molecule has 0 aliphatic heterocycles. The lowest BCUT2D eigenvalue weighted by Crippen LogP contribution is -2.22. The molecule has 1 aliphatic carbocycles. The number of benzene rings is 1. The fourth-order valence-corrected chi connectivity index (χ4v) is 2.03. The first-order chi connectivity index (χ1) is 7.54. The zero-order chi connectivity index (χ0) is 11.8. The van der Waals surface area contributed by atoms with Crippen LogP contribution in [0, 0.1) is 13.8 Å². The molecule has 0 aromatic heterocycles. The van der Waals surface area contributed by atoms with E-state index in [2.05, 4.69) is 26.0 Å². The number of rotatable bonds is 4. The van der Waals surface area contributed by atoms with Crippen molar-refractivity contribution >= 4 is 0 Å². The van der Waals surface area contributed by atoms with Crippen LogP contribution in [0.1, 0.15) is 36.0 Å². The van der Waals surface area contributed by atoms with Crippen molar-refractivity contribution in [3.63, 3.8) is 0 Å². The van der Waals surface area contributed by atoms with E-state index in [4.69, 9.17) is 10.5 Å². The van der Waals surface area contributed by atoms with Gasteiger partial charge in [-0.3, -0.25) is 0 Å². The van der Waals surface area contributed by atoms with Crippen molar-refractivity contribution in [2.75, 3.05) is 7.11 Å². The van der Waals surface area contributed by atoms with E-state index in [1.165, 1.54) is 29.5 Å². The monoisotopic (exact) mass is 219 g/mol. The molecule has 88 valence electrons. The van der Waals surface area contributed by atoms with Gasteiger partial charge in [0, 0.05) is 5.54 Å². The molecule has 2 nitrogen and oxygen atoms in total. The summed E-state index contributed by atoms with van der Waals surface area (Å²) in [5.41, 5.74) is 10.2. The van der Waals surface area contributed by atoms with Gasteiger partial charge in [-0.25, -0.2) is 0 Å². The highest BCUT2D eigenvalue weighted by molar-refractivity contribution is 5.42. The van der Waals surface area contributed by atoms with Crippen LogP contribution in [0.4, 0.5) is 0 Å². The molecular weight excluding hydrogens is 198 g/mol. The highest BCUT2D eigenvalue weighted by Gasteiger charge is 2.37. The van der Waals surface area contributed by atoms with Gasteiger partial charge in [-0.2, -0.15) is 0 Å². The van der Waals surface area contributed by atoms with Crippen molar-refractivity contribution in [3.05, 3.63) is 28.8 Å². The van der Waals surface area contributed by atoms with Crippen molar-refractivity contribution < 1.29 is 4.74 Å². The summed E-state index contributed by atoms with van der Waals surface area (Å²) in [5, 5.41) is 0. The number of ether oxygens (including phenoxy) is 1. The molecule has 1 aliphatic rings. The van der Waals surface area contributed by atoms with E-state index < -0.39 is 0 Å². The van der Waals surface area contributed by atoms with Crippen LogP contribution in [0.15, 0.2) is 12.1 Å². The Hall–Kier alpha value is -1.02. The fourth-order valence-electron chi connectivity index (χ4n) is 2.03. The van der Waals surface area contributed by atoms with Crippen LogP contribution in [0.3, 0.4) is 0 Å². The van der Waals surface area contributed by atoms with Crippen LogP contribution in [0.2, 0.25) is 0 Å². The van der Waals surface area contributed by atoms with Crippen LogP contribution in [-0.2, 0) is 6.42 Å². The van der Waals surface area contributed by atoms with Gasteiger partial charge in [-0.05, 0) is 62.3 Å². The molecule has 0 saturated heterocycles. The first-order valence-corrected chi connectivity index (χ1v) is 5.97. The molecule has 1 saturated carbocycles. The fraction of sp³-hybridized carbons (Fsp3) is 0.571. The Morgan fingerprint density at radius 1 is 1.25 bits per heavy atom. The molecule has 0 bridgehead atoms. The van der Waals surface area contributed by atoms with Crippen molar-refractivity contribution in [3.8, 4) is 5.75 Å². The number of hydrogen-bond donors (Lipinski definition) is 1. The van der Waals surface area contributed by atoms with E-state index in [0.29, 0.717) is 0 Å². The third-order valence-electron chi connectivity index (χ3n) is 3.68. The highest BCUT2D eigenvalue weighted by Crippen LogP contribution is 2.37. The maximum atomic E-state index is 6.11. The van der Waals surface area contributed by atoms with Gasteiger partial charge in [0.2, 0.25) is 0 Å². The van der Waals surface area contributed by atoms with Crippen molar-refractivity contribution in [1.29, 1.82) is 0 Å². The predicted octanol–water partition coefficient (Wildman–Crippen LogP) is 2.74. The van der Waals surface area contributed by atoms with Crippen LogP contribution < -0.4 is 10.5 Å². The summed E-state index contributed by atoms with van der Waals surface area (Å²) >= 11 is 0. The zero-order valence-corrected chi connectivity index (χ0v) is 10.5. The van der Waals surface area contributed by atoms with Gasteiger partial charge >= 0.3 is 0 Å². The highest BCUT2D eigenvalue weighted by atomic mass is 16.5. The number of hydrogen-bond acceptors (Lipinski definition) is 2. The summed E-state index contributed by atoms with van der Waals surface area (Å²) in [5.74, 6) is 1.01. The lowest BCUT2D eigenvalue weighted by Gasteiger charge is -2.14. The maximum Gasteiger partial charge on any atom is 0.122 e. The average Bonchev–Trinajstić information content (AvgIpc) is 2.98. The molecule has 1 aromatic rings. The Labute approximate surface area is 97.8 Å². The van der Waals surface area contributed by atoms with E-state index in [9.17, 15) is 0 Å². The Balaban J connectivity index is 2.14. The first kappa shape index (κ1) is 11.5. The molecule has 16 heavy (non-hydrogen) atoms. The van der Waals surface area contributed by atoms with Crippen LogP contribution in [0.25, 0.3) is 0 Å². The molecule has 0 unspecified atom stereocenters. The summed E-state index contributed by atoms with van der Waals surface area (Å²) in [6, 6.07) is 4.36. The Morgan fingerprint density at radius 2 is 1.88 bits per heavy atom. The molecule has 2 heteroatoms. The van der Waals surface area contributed by atoms with Crippen molar-refractivity contribution in [1.82, 2.24) is 0 Å². The SMILES string of the molecule is COc1cc(C)c(C)cc1CCC1(N)CC1. The van der Waals surface area contributed by atoms with Gasteiger partial charge in [0.1, 0.15) is 5.75 Å². The quantitative estimate of drug-likeness (QED) is 0.845. The van der Waals surface area contributed by atoms with Crippen LogP contribution >= 0.6 is 0 Å². The summed E-state index contributed by atoms with van der Waals surface area (Å²) in [7, 11) is 1.74. The number of aryl methyl sites for hydroxylation is 3. The molecular formula is C14H21NO. The molecule has 0 atom stereocenters. The summed E-state index contributed by atoms with van der Waals surface area (Å²) in [6.07, 6.45) is 4.47. The van der Waals surface area contributed by atoms with Crippen molar-refractivity contribution in [2.45, 2.75) is 45.1 Å². The molecule has 2 rings (SSSR count). The van der Waals surface area contributed by atoms with Gasteiger partial charge < -0.3 is 10.5 Å². The number of methoxy groups -OCH3 is 1. The van der Waals surface area contributed by atoms with Crippen molar-refractivity contribution in [2.24, 2.45) is 5.73 Å². The average molecular weight is 219 g/mol. The second-order valence-electron chi connectivity index (χ2n) is 5.11. The molecule has 0 heterocycles. The minimum atomic E-state index is 0.129. The zero-order valence-electron chi connectivity index (χ0n) is 10.5. The normalized spacial score (nSPS) is 17.2. The second kappa shape index (κ2) is 4.10. The molecule has 2 N–H and O–H groups in total. The van der Waals surface area contributed by atoms with E-state index in [1.807, 2.05) is 0 Å². The van der Waals surface area contributed by atoms with Crippen LogP contribution in [0.5, 0.6) is 5.75 Å². The number of nitrogens with two attached hydrogens (primary N) is 1. The lowest BCUT2D eigenvalue weighted by molar-refractivity contribution is 0.407. The molecule has 1 aromatic carbocycles. The minimum Gasteiger partial charge on any atom is -0.496 e. The second-order valence-corrected chi connectivity index (χ2v) is 5.11. The van der Waals surface area contributed by atoms with E-state index in [0.717, 1.165) is 18.6 Å². The summed E-state index contributed by atoms with van der Waals surface area (Å²) in [6.45, 7) is 4.26. The predicted molar refractivity (Wildman–Crippen MR) is 66.9 cm³/mol.